The van der Waals surface area contributed by atoms with Gasteiger partial charge in [-0.25, -0.2) is 9.89 Å². The Hall–Kier alpha value is -2.64. The van der Waals surface area contributed by atoms with E-state index in [-0.39, 0.29) is 17.7 Å². The van der Waals surface area contributed by atoms with Crippen molar-refractivity contribution in [3.8, 4) is 0 Å². The molecule has 0 aromatic carbocycles. The second kappa shape index (κ2) is 7.31. The van der Waals surface area contributed by atoms with Crippen LogP contribution in [0.1, 0.15) is 37.5 Å². The summed E-state index contributed by atoms with van der Waals surface area (Å²) in [6, 6.07) is 4.03. The number of anilines is 1. The number of carbonyl (C=O) groups excluding carboxylic acids is 1. The average molecular weight is 357 g/mol. The average Bonchev–Trinajstić information content (AvgIpc) is 3.15. The second-order valence-electron chi connectivity index (χ2n) is 7.02. The number of carbonyl (C=O) groups is 1. The van der Waals surface area contributed by atoms with E-state index in [1.807, 2.05) is 17.0 Å². The fraction of sp³-hybridized carbons (Fsp3) is 0.556. The Morgan fingerprint density at radius 2 is 1.77 bits per heavy atom. The molecule has 26 heavy (non-hydrogen) atoms. The van der Waals surface area contributed by atoms with E-state index in [1.54, 1.807) is 12.4 Å². The van der Waals surface area contributed by atoms with Crippen LogP contribution in [0.15, 0.2) is 33.7 Å². The highest BCUT2D eigenvalue weighted by atomic mass is 16.4. The molecular weight excluding hydrogens is 334 g/mol. The Kier molecular flexibility index (Phi) is 4.73. The molecule has 8 nitrogen and oxygen atoms in total. The third kappa shape index (κ3) is 3.49. The summed E-state index contributed by atoms with van der Waals surface area (Å²) < 4.78 is 5.05. The van der Waals surface area contributed by atoms with Crippen LogP contribution in [-0.4, -0.2) is 52.2 Å². The summed E-state index contributed by atoms with van der Waals surface area (Å²) in [6.45, 7) is 3.19. The van der Waals surface area contributed by atoms with Crippen LogP contribution in [0.4, 0.5) is 5.69 Å². The summed E-state index contributed by atoms with van der Waals surface area (Å²) in [4.78, 5) is 32.3. The smallest absolute Gasteiger partial charge is 0.392 e. The van der Waals surface area contributed by atoms with Crippen LogP contribution in [0, 0.1) is 5.92 Å². The molecule has 138 valence electrons. The number of hydrogen-bond donors (Lipinski definition) is 1. The Morgan fingerprint density at radius 3 is 2.38 bits per heavy atom. The molecule has 0 spiro atoms. The topological polar surface area (TPSA) is 95.3 Å². The third-order valence-electron chi connectivity index (χ3n) is 5.48. The molecule has 0 atom stereocenters. The largest absolute Gasteiger partial charge is 0.434 e. The van der Waals surface area contributed by atoms with E-state index in [4.69, 9.17) is 4.42 Å². The van der Waals surface area contributed by atoms with Gasteiger partial charge in [-0.2, -0.15) is 0 Å². The first-order valence-electron chi connectivity index (χ1n) is 9.20. The van der Waals surface area contributed by atoms with Crippen molar-refractivity contribution >= 4 is 11.6 Å². The van der Waals surface area contributed by atoms with E-state index in [1.165, 1.54) is 5.69 Å². The molecule has 0 bridgehead atoms. The highest BCUT2D eigenvalue weighted by molar-refractivity contribution is 5.79. The molecular formula is C18H23N5O3. The third-order valence-corrected chi connectivity index (χ3v) is 5.48. The normalized spacial score (nSPS) is 19.7. The molecule has 0 aliphatic carbocycles. The van der Waals surface area contributed by atoms with Gasteiger partial charge in [-0.15, -0.1) is 5.10 Å². The SMILES string of the molecule is O=C(C1CCN(c2ccncc2)CC1)N1CCC(c2n[nH]c(=O)o2)CC1. The van der Waals surface area contributed by atoms with E-state index in [0.717, 1.165) is 38.8 Å². The van der Waals surface area contributed by atoms with Crippen molar-refractivity contribution in [2.75, 3.05) is 31.1 Å². The number of hydrogen-bond acceptors (Lipinski definition) is 6. The van der Waals surface area contributed by atoms with Crippen LogP contribution in [0.2, 0.25) is 0 Å². The molecule has 0 unspecified atom stereocenters. The van der Waals surface area contributed by atoms with Gasteiger partial charge in [0.25, 0.3) is 0 Å². The quantitative estimate of drug-likeness (QED) is 0.892. The molecule has 2 aliphatic rings. The maximum Gasteiger partial charge on any atom is 0.434 e. The highest BCUT2D eigenvalue weighted by Gasteiger charge is 2.32. The van der Waals surface area contributed by atoms with Gasteiger partial charge in [0, 0.05) is 56.1 Å². The predicted octanol–water partition coefficient (Wildman–Crippen LogP) is 1.38. The van der Waals surface area contributed by atoms with Gasteiger partial charge in [-0.3, -0.25) is 9.78 Å². The Balaban J connectivity index is 1.29. The summed E-state index contributed by atoms with van der Waals surface area (Å²) in [5.41, 5.74) is 1.17. The lowest BCUT2D eigenvalue weighted by Crippen LogP contribution is -2.45. The first kappa shape index (κ1) is 16.8. The molecule has 1 N–H and O–H groups in total. The van der Waals surface area contributed by atoms with Crippen molar-refractivity contribution in [1.82, 2.24) is 20.1 Å². The monoisotopic (exact) mass is 357 g/mol. The molecule has 1 amide bonds. The minimum atomic E-state index is -0.514. The maximum atomic E-state index is 12.8. The van der Waals surface area contributed by atoms with Gasteiger partial charge in [-0.1, -0.05) is 0 Å². The number of aromatic nitrogens is 3. The van der Waals surface area contributed by atoms with Crippen molar-refractivity contribution in [2.45, 2.75) is 31.6 Å². The number of nitrogens with zero attached hydrogens (tertiary/aromatic N) is 4. The van der Waals surface area contributed by atoms with Gasteiger partial charge in [0.05, 0.1) is 0 Å². The lowest BCUT2D eigenvalue weighted by Gasteiger charge is -2.37. The molecule has 2 saturated heterocycles. The summed E-state index contributed by atoms with van der Waals surface area (Å²) >= 11 is 0. The van der Waals surface area contributed by atoms with Crippen LogP contribution >= 0.6 is 0 Å². The van der Waals surface area contributed by atoms with E-state index in [0.29, 0.717) is 19.0 Å². The molecule has 0 radical (unpaired) electrons. The molecule has 2 fully saturated rings. The van der Waals surface area contributed by atoms with E-state index in [9.17, 15) is 9.59 Å². The first-order chi connectivity index (χ1) is 12.7. The van der Waals surface area contributed by atoms with Crippen molar-refractivity contribution in [1.29, 1.82) is 0 Å². The van der Waals surface area contributed by atoms with Gasteiger partial charge in [0.15, 0.2) is 0 Å². The fourth-order valence-corrected chi connectivity index (χ4v) is 3.96. The molecule has 0 saturated carbocycles. The van der Waals surface area contributed by atoms with Gasteiger partial charge in [-0.05, 0) is 37.8 Å². The Morgan fingerprint density at radius 1 is 1.08 bits per heavy atom. The number of pyridine rings is 1. The molecule has 4 rings (SSSR count). The molecule has 8 heteroatoms. The summed E-state index contributed by atoms with van der Waals surface area (Å²) in [5, 5.41) is 6.23. The van der Waals surface area contributed by atoms with Crippen LogP contribution < -0.4 is 10.7 Å². The van der Waals surface area contributed by atoms with Gasteiger partial charge in [0.1, 0.15) is 0 Å². The van der Waals surface area contributed by atoms with Gasteiger partial charge < -0.3 is 14.2 Å². The van der Waals surface area contributed by atoms with Crippen LogP contribution in [-0.2, 0) is 4.79 Å². The van der Waals surface area contributed by atoms with Crippen LogP contribution in [0.3, 0.4) is 0 Å². The molecule has 2 aromatic heterocycles. The number of nitrogens with one attached hydrogen (secondary N) is 1. The van der Waals surface area contributed by atoms with E-state index < -0.39 is 5.76 Å². The summed E-state index contributed by atoms with van der Waals surface area (Å²) in [6.07, 6.45) is 6.95. The molecule has 4 heterocycles. The molecule has 2 aromatic rings. The molecule has 2 aliphatic heterocycles. The minimum Gasteiger partial charge on any atom is -0.392 e. The van der Waals surface area contributed by atoms with Crippen molar-refractivity contribution in [3.05, 3.63) is 41.0 Å². The lowest BCUT2D eigenvalue weighted by molar-refractivity contribution is -0.137. The van der Waals surface area contributed by atoms with E-state index in [2.05, 4.69) is 20.1 Å². The number of aromatic amines is 1. The summed E-state index contributed by atoms with van der Waals surface area (Å²) in [5.74, 6) is 0.438. The van der Waals surface area contributed by atoms with Crippen LogP contribution in [0.25, 0.3) is 0 Å². The Labute approximate surface area is 151 Å². The standard InChI is InChI=1S/C18H23N5O3/c24-17(14-5-9-22(10-6-14)15-1-7-19-8-2-15)23-11-3-13(4-12-23)16-20-21-18(25)26-16/h1-2,7-8,13-14H,3-6,9-12H2,(H,21,25). The summed E-state index contributed by atoms with van der Waals surface area (Å²) in [7, 11) is 0. The van der Waals surface area contributed by atoms with Crippen molar-refractivity contribution in [2.24, 2.45) is 5.92 Å². The number of amides is 1. The Bertz CT molecular complexity index is 786. The first-order valence-corrected chi connectivity index (χ1v) is 9.20. The highest BCUT2D eigenvalue weighted by Crippen LogP contribution is 2.29. The van der Waals surface area contributed by atoms with E-state index >= 15 is 0 Å². The lowest BCUT2D eigenvalue weighted by atomic mass is 9.92. The number of rotatable bonds is 3. The van der Waals surface area contributed by atoms with Crippen molar-refractivity contribution in [3.63, 3.8) is 0 Å². The zero-order chi connectivity index (χ0) is 17.9. The maximum absolute atomic E-state index is 12.8. The zero-order valence-electron chi connectivity index (χ0n) is 14.6. The number of likely N-dealkylation sites (tertiary alicyclic amines) is 1. The number of piperidine rings is 2. The minimum absolute atomic E-state index is 0.105. The number of H-pyrrole nitrogens is 1. The van der Waals surface area contributed by atoms with Gasteiger partial charge >= 0.3 is 5.76 Å². The zero-order valence-corrected chi connectivity index (χ0v) is 14.6. The van der Waals surface area contributed by atoms with Gasteiger partial charge in [0.2, 0.25) is 11.8 Å². The van der Waals surface area contributed by atoms with Crippen molar-refractivity contribution < 1.29 is 9.21 Å². The second-order valence-corrected chi connectivity index (χ2v) is 7.02. The fourth-order valence-electron chi connectivity index (χ4n) is 3.96. The predicted molar refractivity (Wildman–Crippen MR) is 94.9 cm³/mol. The van der Waals surface area contributed by atoms with Crippen LogP contribution in [0.5, 0.6) is 0 Å².